The van der Waals surface area contributed by atoms with Gasteiger partial charge in [-0.15, -0.1) is 0 Å². The summed E-state index contributed by atoms with van der Waals surface area (Å²) in [5.41, 5.74) is 17.9. The van der Waals surface area contributed by atoms with Gasteiger partial charge in [-0.25, -0.2) is 9.97 Å². The highest BCUT2D eigenvalue weighted by molar-refractivity contribution is 5.75. The van der Waals surface area contributed by atoms with Crippen molar-refractivity contribution in [2.45, 2.75) is 212 Å². The highest BCUT2D eigenvalue weighted by Gasteiger charge is 2.25. The molecule has 0 bridgehead atoms. The largest absolute Gasteiger partial charge is 0.264 e. The van der Waals surface area contributed by atoms with Crippen molar-refractivity contribution in [3.63, 3.8) is 0 Å². The van der Waals surface area contributed by atoms with Crippen molar-refractivity contribution in [1.29, 1.82) is 0 Å². The Balaban J connectivity index is 0.000000243. The van der Waals surface area contributed by atoms with E-state index >= 15 is 0 Å². The Morgan fingerprint density at radius 1 is 0.354 bits per heavy atom. The van der Waals surface area contributed by atoms with Crippen LogP contribution in [0.4, 0.5) is 0 Å². The molecule has 7 aromatic heterocycles. The number of nitrogens with zero attached hydrogens (tertiary/aromatic N) is 8. The Hall–Kier alpha value is -6.54. The number of hydrogen-bond donors (Lipinski definition) is 0. The number of hydrogen-bond acceptors (Lipinski definition) is 8. The van der Waals surface area contributed by atoms with Crippen LogP contribution in [0.3, 0.4) is 0 Å². The molecule has 0 radical (unpaired) electrons. The summed E-state index contributed by atoms with van der Waals surface area (Å²) in [6.45, 7) is 52.2. The van der Waals surface area contributed by atoms with Crippen LogP contribution in [0.5, 0.6) is 0 Å². The molecule has 0 N–H and O–H groups in total. The lowest BCUT2D eigenvalue weighted by Crippen LogP contribution is -2.14. The van der Waals surface area contributed by atoms with Crippen molar-refractivity contribution < 1.29 is 0 Å². The van der Waals surface area contributed by atoms with Crippen molar-refractivity contribution in [3.8, 4) is 0 Å². The second kappa shape index (κ2) is 28.6. The fraction of sp³-hybridized carbons (Fsp3) is 0.465. The first-order valence-corrected chi connectivity index (χ1v) is 28.2. The average Bonchev–Trinajstić information content (AvgIpc) is 4.04. The van der Waals surface area contributed by atoms with Gasteiger partial charge in [-0.2, -0.15) is 0 Å². The summed E-state index contributed by atoms with van der Waals surface area (Å²) in [6.07, 6.45) is 25.5. The molecule has 7 heterocycles. The van der Waals surface area contributed by atoms with E-state index in [-0.39, 0.29) is 37.9 Å². The molecule has 0 spiro atoms. The lowest BCUT2D eigenvalue weighted by molar-refractivity contribution is 0.545. The molecule has 8 nitrogen and oxygen atoms in total. The Kier molecular flexibility index (Phi) is 24.1. The molecular formula is C71H100N8. The molecule has 0 saturated carbocycles. The second-order valence-electron chi connectivity index (χ2n) is 27.8. The van der Waals surface area contributed by atoms with Gasteiger partial charge >= 0.3 is 0 Å². The Labute approximate surface area is 480 Å². The van der Waals surface area contributed by atoms with Gasteiger partial charge in [-0.05, 0) is 146 Å². The van der Waals surface area contributed by atoms with Gasteiger partial charge in [0.05, 0.1) is 11.4 Å². The van der Waals surface area contributed by atoms with Crippen molar-refractivity contribution in [1.82, 2.24) is 39.9 Å². The third kappa shape index (κ3) is 23.4. The topological polar surface area (TPSA) is 103 Å². The highest BCUT2D eigenvalue weighted by atomic mass is 14.9. The Bertz CT molecular complexity index is 2850. The fourth-order valence-electron chi connectivity index (χ4n) is 8.00. The van der Waals surface area contributed by atoms with E-state index in [9.17, 15) is 0 Å². The summed E-state index contributed by atoms with van der Waals surface area (Å²) < 4.78 is 0. The molecule has 8 heteroatoms. The average molecular weight is 1070 g/mol. The van der Waals surface area contributed by atoms with Gasteiger partial charge in [0.15, 0.2) is 0 Å². The van der Waals surface area contributed by atoms with Crippen LogP contribution in [0, 0.1) is 26.2 Å². The Morgan fingerprint density at radius 3 is 1.25 bits per heavy atom. The monoisotopic (exact) mass is 1060 g/mol. The molecule has 2 aliphatic rings. The van der Waals surface area contributed by atoms with Gasteiger partial charge in [0.2, 0.25) is 0 Å². The second-order valence-corrected chi connectivity index (χ2v) is 27.8. The fourth-order valence-corrected chi connectivity index (χ4v) is 8.00. The molecule has 0 aliphatic heterocycles. The van der Waals surface area contributed by atoms with Crippen molar-refractivity contribution >= 4 is 11.6 Å². The maximum Gasteiger partial charge on any atom is 0.133 e. The highest BCUT2D eigenvalue weighted by Crippen LogP contribution is 2.39. The van der Waals surface area contributed by atoms with Gasteiger partial charge in [0.25, 0.3) is 0 Å². The molecular weight excluding hydrogens is 965 g/mol. The van der Waals surface area contributed by atoms with Crippen molar-refractivity contribution in [3.05, 3.63) is 214 Å². The maximum atomic E-state index is 4.37. The van der Waals surface area contributed by atoms with Crippen molar-refractivity contribution in [2.75, 3.05) is 0 Å². The zero-order valence-electron chi connectivity index (χ0n) is 53.3. The number of rotatable bonds is 0. The van der Waals surface area contributed by atoms with E-state index in [2.05, 4.69) is 258 Å². The summed E-state index contributed by atoms with van der Waals surface area (Å²) in [4.78, 5) is 33.7. The molecule has 2 aliphatic carbocycles. The normalized spacial score (nSPS) is 12.7. The van der Waals surface area contributed by atoms with E-state index in [0.29, 0.717) is 0 Å². The number of pyridine rings is 6. The van der Waals surface area contributed by atoms with Crippen LogP contribution in [0.25, 0.3) is 11.6 Å². The number of fused-ring (bicyclic) bond motifs is 2. The first-order chi connectivity index (χ1) is 36.4. The SMILES string of the molecule is CC(C)(C)C1=CCc2ncccc21.CC(C)(C)c1cccnc1.CC(C)(C)c1ccnc2c1C=CC2.CC(C)(C)c1ncccn1.Cc1cc(C(C)(C)C)ccn1.Cc1ccc(C(C)(C)C)cn1.Cc1ccc(C(C)(C)C)cn1. The van der Waals surface area contributed by atoms with E-state index in [1.54, 1.807) is 18.6 Å². The van der Waals surface area contributed by atoms with E-state index in [4.69, 9.17) is 0 Å². The molecule has 0 fully saturated rings. The van der Waals surface area contributed by atoms with E-state index in [0.717, 1.165) is 35.7 Å². The van der Waals surface area contributed by atoms with Crippen LogP contribution in [-0.2, 0) is 45.3 Å². The van der Waals surface area contributed by atoms with E-state index in [1.165, 1.54) is 55.9 Å². The van der Waals surface area contributed by atoms with Gasteiger partial charge in [0.1, 0.15) is 5.82 Å². The number of aromatic nitrogens is 8. The van der Waals surface area contributed by atoms with E-state index in [1.807, 2.05) is 76.2 Å². The first kappa shape index (κ1) is 66.7. The third-order valence-corrected chi connectivity index (χ3v) is 13.0. The van der Waals surface area contributed by atoms with Crippen LogP contribution in [0.2, 0.25) is 0 Å². The quantitative estimate of drug-likeness (QED) is 0.148. The summed E-state index contributed by atoms with van der Waals surface area (Å²) in [5, 5.41) is 0. The van der Waals surface area contributed by atoms with Crippen LogP contribution < -0.4 is 0 Å². The Morgan fingerprint density at radius 2 is 0.848 bits per heavy atom. The molecule has 9 rings (SSSR count). The van der Waals surface area contributed by atoms with Crippen LogP contribution in [-0.4, -0.2) is 39.9 Å². The summed E-state index contributed by atoms with van der Waals surface area (Å²) in [6, 6.07) is 24.8. The molecule has 0 aromatic carbocycles. The minimum Gasteiger partial charge on any atom is -0.264 e. The molecule has 0 atom stereocenters. The minimum absolute atomic E-state index is 0.0707. The summed E-state index contributed by atoms with van der Waals surface area (Å²) >= 11 is 0. The predicted molar refractivity (Wildman–Crippen MR) is 338 cm³/mol. The van der Waals surface area contributed by atoms with Gasteiger partial charge in [-0.3, -0.25) is 29.9 Å². The van der Waals surface area contributed by atoms with E-state index < -0.39 is 0 Å². The molecule has 0 amide bonds. The first-order valence-electron chi connectivity index (χ1n) is 28.2. The standard InChI is InChI=1S/2C12H15N.3C10H15N.C9H13N.C8H12N2/c1-12(2,3)10-6-7-11-9(10)5-4-8-13-11;1-12(2,3)10-7-8-13-11-6-4-5-9(10)11;1-8-7-9(5-6-11-8)10(2,3)4;2*1-8-5-6-9(7-11-8)10(2,3)4;1-9(2,3)8-5-4-6-10-7-8;1-8(2,3)7-9-5-4-6-10-7/h4-6,8H,7H2,1-3H3;4-5,7-8H,6H2,1-3H3;3*5-7H,1-4H3;4-7H,1-3H3;4-6H,1-3H3. The third-order valence-electron chi connectivity index (χ3n) is 13.0. The minimum atomic E-state index is 0.0707. The maximum absolute atomic E-state index is 4.37. The predicted octanol–water partition coefficient (Wildman–Crippen LogP) is 18.2. The molecule has 424 valence electrons. The zero-order chi connectivity index (χ0) is 59.6. The lowest BCUT2D eigenvalue weighted by Gasteiger charge is -2.21. The molecule has 7 aromatic rings. The molecule has 0 unspecified atom stereocenters. The smallest absolute Gasteiger partial charge is 0.133 e. The number of aryl methyl sites for hydroxylation is 3. The van der Waals surface area contributed by atoms with Crippen LogP contribution in [0.15, 0.2) is 141 Å². The summed E-state index contributed by atoms with van der Waals surface area (Å²) in [7, 11) is 0. The van der Waals surface area contributed by atoms with Gasteiger partial charge in [-0.1, -0.05) is 188 Å². The lowest BCUT2D eigenvalue weighted by atomic mass is 9.84. The summed E-state index contributed by atoms with van der Waals surface area (Å²) in [5.74, 6) is 0.898. The zero-order valence-corrected chi connectivity index (χ0v) is 53.3. The van der Waals surface area contributed by atoms with Crippen LogP contribution >= 0.6 is 0 Å². The molecule has 79 heavy (non-hydrogen) atoms. The van der Waals surface area contributed by atoms with Crippen molar-refractivity contribution in [2.24, 2.45) is 5.41 Å². The van der Waals surface area contributed by atoms with Gasteiger partial charge in [0, 0.05) is 91.1 Å². The van der Waals surface area contributed by atoms with Crippen LogP contribution in [0.1, 0.15) is 219 Å². The number of allylic oxidation sites excluding steroid dienone is 3. The molecule has 0 saturated heterocycles. The van der Waals surface area contributed by atoms with Gasteiger partial charge < -0.3 is 0 Å².